The minimum atomic E-state index is 0.502. The fourth-order valence-electron chi connectivity index (χ4n) is 7.88. The molecular formula is C27H44. The number of rotatable bonds is 5. The molecule has 0 aliphatic heterocycles. The monoisotopic (exact) mass is 368 g/mol. The van der Waals surface area contributed by atoms with Crippen LogP contribution >= 0.6 is 0 Å². The van der Waals surface area contributed by atoms with E-state index in [9.17, 15) is 0 Å². The van der Waals surface area contributed by atoms with E-state index < -0.39 is 0 Å². The first kappa shape index (κ1) is 19.8. The summed E-state index contributed by atoms with van der Waals surface area (Å²) in [6.07, 6.45) is 18.8. The topological polar surface area (TPSA) is 0 Å². The Morgan fingerprint density at radius 3 is 2.44 bits per heavy atom. The van der Waals surface area contributed by atoms with Crippen molar-refractivity contribution in [2.24, 2.45) is 28.6 Å². The van der Waals surface area contributed by atoms with Gasteiger partial charge >= 0.3 is 0 Å². The molecule has 1 saturated carbocycles. The molecular weight excluding hydrogens is 324 g/mol. The smallest absolute Gasteiger partial charge is 0.0129 e. The first-order chi connectivity index (χ1) is 12.9. The van der Waals surface area contributed by atoms with E-state index in [2.05, 4.69) is 34.6 Å². The van der Waals surface area contributed by atoms with Crippen LogP contribution in [-0.4, -0.2) is 0 Å². The van der Waals surface area contributed by atoms with Crippen LogP contribution in [0.4, 0.5) is 0 Å². The predicted molar refractivity (Wildman–Crippen MR) is 118 cm³/mol. The Hall–Kier alpha value is -0.520. The third kappa shape index (κ3) is 3.18. The standard InChI is InChI=1S/C27H44/c1-19(2)9-8-10-20(3)23-14-17-27(21(23)4)18-15-24-25(27)13-12-22-11-6-7-16-26(22,24)5/h19-20,22H,6-18H2,1-5H3/t20-,22+,26+,27+/m1/s1. The van der Waals surface area contributed by atoms with E-state index >= 15 is 0 Å². The van der Waals surface area contributed by atoms with Gasteiger partial charge in [-0.15, -0.1) is 0 Å². The van der Waals surface area contributed by atoms with Gasteiger partial charge < -0.3 is 0 Å². The average molecular weight is 369 g/mol. The van der Waals surface area contributed by atoms with Crippen molar-refractivity contribution in [3.05, 3.63) is 22.3 Å². The predicted octanol–water partition coefficient (Wildman–Crippen LogP) is 8.63. The lowest BCUT2D eigenvalue weighted by Crippen LogP contribution is -2.36. The zero-order valence-corrected chi connectivity index (χ0v) is 18.9. The highest BCUT2D eigenvalue weighted by Crippen LogP contribution is 2.66. The van der Waals surface area contributed by atoms with Gasteiger partial charge in [-0.25, -0.2) is 0 Å². The molecule has 4 aliphatic rings. The van der Waals surface area contributed by atoms with Crippen molar-refractivity contribution in [2.75, 3.05) is 0 Å². The normalized spacial score (nSPS) is 37.3. The molecule has 0 radical (unpaired) electrons. The summed E-state index contributed by atoms with van der Waals surface area (Å²) in [5.41, 5.74) is 8.70. The summed E-state index contributed by atoms with van der Waals surface area (Å²) in [7, 11) is 0. The summed E-state index contributed by atoms with van der Waals surface area (Å²) >= 11 is 0. The van der Waals surface area contributed by atoms with E-state index in [0.29, 0.717) is 10.8 Å². The van der Waals surface area contributed by atoms with Crippen LogP contribution < -0.4 is 0 Å². The summed E-state index contributed by atoms with van der Waals surface area (Å²) in [4.78, 5) is 0. The highest BCUT2D eigenvalue weighted by molar-refractivity contribution is 5.46. The summed E-state index contributed by atoms with van der Waals surface area (Å²) in [6.45, 7) is 12.5. The molecule has 0 heteroatoms. The van der Waals surface area contributed by atoms with Crippen LogP contribution in [0.3, 0.4) is 0 Å². The molecule has 4 aliphatic carbocycles. The molecule has 27 heavy (non-hydrogen) atoms. The third-order valence-corrected chi connectivity index (χ3v) is 9.61. The van der Waals surface area contributed by atoms with Crippen molar-refractivity contribution in [3.63, 3.8) is 0 Å². The lowest BCUT2D eigenvalue weighted by Gasteiger charge is -2.48. The van der Waals surface area contributed by atoms with Crippen molar-refractivity contribution in [3.8, 4) is 0 Å². The first-order valence-electron chi connectivity index (χ1n) is 12.3. The zero-order valence-electron chi connectivity index (χ0n) is 18.9. The lowest BCUT2D eigenvalue weighted by atomic mass is 9.57. The van der Waals surface area contributed by atoms with Gasteiger partial charge in [0.15, 0.2) is 0 Å². The first-order valence-corrected chi connectivity index (χ1v) is 12.3. The molecule has 0 N–H and O–H groups in total. The van der Waals surface area contributed by atoms with Gasteiger partial charge in [0.25, 0.3) is 0 Å². The van der Waals surface area contributed by atoms with Gasteiger partial charge in [-0.2, -0.15) is 0 Å². The minimum absolute atomic E-state index is 0.502. The van der Waals surface area contributed by atoms with Crippen molar-refractivity contribution >= 4 is 0 Å². The van der Waals surface area contributed by atoms with Gasteiger partial charge in [-0.3, -0.25) is 0 Å². The molecule has 0 saturated heterocycles. The van der Waals surface area contributed by atoms with Gasteiger partial charge in [0.2, 0.25) is 0 Å². The molecule has 0 nitrogen and oxygen atoms in total. The fraction of sp³-hybridized carbons (Fsp3) is 0.852. The molecule has 0 heterocycles. The molecule has 0 aromatic heterocycles. The Balaban J connectivity index is 1.58. The maximum Gasteiger partial charge on any atom is 0.0129 e. The van der Waals surface area contributed by atoms with E-state index in [1.165, 1.54) is 83.5 Å². The minimum Gasteiger partial charge on any atom is -0.0675 e. The molecule has 4 atom stereocenters. The number of hydrogen-bond acceptors (Lipinski definition) is 0. The fourth-order valence-corrected chi connectivity index (χ4v) is 7.88. The Morgan fingerprint density at radius 1 is 0.889 bits per heavy atom. The van der Waals surface area contributed by atoms with Gasteiger partial charge in [-0.1, -0.05) is 75.7 Å². The van der Waals surface area contributed by atoms with E-state index in [1.54, 1.807) is 0 Å². The summed E-state index contributed by atoms with van der Waals surface area (Å²) in [5, 5.41) is 0. The van der Waals surface area contributed by atoms with Crippen LogP contribution in [0.1, 0.15) is 118 Å². The van der Waals surface area contributed by atoms with E-state index in [4.69, 9.17) is 0 Å². The van der Waals surface area contributed by atoms with Gasteiger partial charge in [0.05, 0.1) is 0 Å². The van der Waals surface area contributed by atoms with Crippen LogP contribution in [0.2, 0.25) is 0 Å². The zero-order chi connectivity index (χ0) is 19.2. The second-order valence-corrected chi connectivity index (χ2v) is 11.3. The van der Waals surface area contributed by atoms with E-state index in [0.717, 1.165) is 17.8 Å². The van der Waals surface area contributed by atoms with Gasteiger partial charge in [0.1, 0.15) is 0 Å². The second kappa shape index (κ2) is 7.38. The Bertz CT molecular complexity index is 632. The quantitative estimate of drug-likeness (QED) is 0.426. The van der Waals surface area contributed by atoms with E-state index in [1.807, 2.05) is 22.3 Å². The average Bonchev–Trinajstić information content (AvgIpc) is 3.17. The molecule has 1 spiro atoms. The van der Waals surface area contributed by atoms with Crippen LogP contribution in [0.5, 0.6) is 0 Å². The molecule has 0 bridgehead atoms. The molecule has 152 valence electrons. The lowest BCUT2D eigenvalue weighted by molar-refractivity contribution is 0.132. The van der Waals surface area contributed by atoms with Gasteiger partial charge in [0, 0.05) is 5.41 Å². The Labute approximate surface area is 169 Å². The second-order valence-electron chi connectivity index (χ2n) is 11.3. The van der Waals surface area contributed by atoms with Crippen LogP contribution in [0, 0.1) is 28.6 Å². The molecule has 0 amide bonds. The third-order valence-electron chi connectivity index (χ3n) is 9.61. The van der Waals surface area contributed by atoms with Crippen molar-refractivity contribution in [1.82, 2.24) is 0 Å². The molecule has 0 aromatic rings. The Kier molecular flexibility index (Phi) is 5.41. The highest BCUT2D eigenvalue weighted by Gasteiger charge is 2.53. The molecule has 0 aromatic carbocycles. The molecule has 0 unspecified atom stereocenters. The van der Waals surface area contributed by atoms with Crippen molar-refractivity contribution in [1.29, 1.82) is 0 Å². The van der Waals surface area contributed by atoms with Crippen LogP contribution in [-0.2, 0) is 0 Å². The number of fused-ring (bicyclic) bond motifs is 3. The van der Waals surface area contributed by atoms with Crippen LogP contribution in [0.25, 0.3) is 0 Å². The SMILES string of the molecule is CC1=C([C@H](C)CCCC(C)C)CC[C@]12CCC1=C2CC[C@@H]2CCCC[C@]12C. The Morgan fingerprint density at radius 2 is 1.67 bits per heavy atom. The van der Waals surface area contributed by atoms with Crippen molar-refractivity contribution < 1.29 is 0 Å². The van der Waals surface area contributed by atoms with Crippen LogP contribution in [0.15, 0.2) is 22.3 Å². The maximum atomic E-state index is 2.66. The summed E-state index contributed by atoms with van der Waals surface area (Å²) in [6, 6.07) is 0. The largest absolute Gasteiger partial charge is 0.0675 e. The molecule has 1 fully saturated rings. The maximum absolute atomic E-state index is 2.66. The summed E-state index contributed by atoms with van der Waals surface area (Å²) in [5.74, 6) is 2.67. The number of hydrogen-bond donors (Lipinski definition) is 0. The molecule has 4 rings (SSSR count). The number of allylic oxidation sites excluding steroid dienone is 4. The summed E-state index contributed by atoms with van der Waals surface area (Å²) < 4.78 is 0. The van der Waals surface area contributed by atoms with E-state index in [-0.39, 0.29) is 0 Å². The van der Waals surface area contributed by atoms with Gasteiger partial charge in [-0.05, 0) is 87.9 Å². The highest BCUT2D eigenvalue weighted by atomic mass is 14.6. The van der Waals surface area contributed by atoms with Crippen molar-refractivity contribution in [2.45, 2.75) is 118 Å².